The predicted octanol–water partition coefficient (Wildman–Crippen LogP) is 2.49. The van der Waals surface area contributed by atoms with Crippen LogP contribution in [0.25, 0.3) is 10.9 Å². The first-order chi connectivity index (χ1) is 18.7. The van der Waals surface area contributed by atoms with E-state index in [0.29, 0.717) is 12.1 Å². The molecule has 0 spiro atoms. The molecule has 2 bridgehead atoms. The molecule has 3 fully saturated rings. The van der Waals surface area contributed by atoms with Gasteiger partial charge in [0, 0.05) is 77.5 Å². The van der Waals surface area contributed by atoms with Crippen molar-refractivity contribution < 1.29 is 14.3 Å². The Morgan fingerprint density at radius 1 is 1.03 bits per heavy atom. The number of nitrogens with zero attached hydrogens (tertiary/aromatic N) is 4. The summed E-state index contributed by atoms with van der Waals surface area (Å²) < 4.78 is 7.64. The zero-order valence-electron chi connectivity index (χ0n) is 23.8. The highest BCUT2D eigenvalue weighted by atomic mass is 16.5. The molecule has 4 heterocycles. The first kappa shape index (κ1) is 27.8. The Bertz CT molecular complexity index is 1240. The van der Waals surface area contributed by atoms with Crippen molar-refractivity contribution in [1.29, 1.82) is 0 Å². The zero-order chi connectivity index (χ0) is 27.7. The molecule has 3 aliphatic rings. The van der Waals surface area contributed by atoms with E-state index in [-0.39, 0.29) is 41.1 Å². The number of amides is 2. The standard InChI is InChI=1S/C30H43N5O4/c1-20(2)35-28-8-6-5-7-22(28)15-27(30(35)38)29(37)31-23-16-24-9-10-25(17-23)34(24)19-26(39-4)18-32-11-13-33(14-12-32)21(3)36/h5-8,15,20,23-26H,9-14,16-19H2,1-4H3,(H,31,37)/t23?,24-,25+,26?. The Balaban J connectivity index is 1.21. The van der Waals surface area contributed by atoms with Crippen LogP contribution in [0.2, 0.25) is 0 Å². The van der Waals surface area contributed by atoms with E-state index in [4.69, 9.17) is 4.74 Å². The van der Waals surface area contributed by atoms with Crippen LogP contribution in [0.3, 0.4) is 0 Å². The third-order valence-corrected chi connectivity index (χ3v) is 8.95. The van der Waals surface area contributed by atoms with Gasteiger partial charge in [-0.15, -0.1) is 0 Å². The number of hydrogen-bond donors (Lipinski definition) is 1. The van der Waals surface area contributed by atoms with Crippen LogP contribution < -0.4 is 10.9 Å². The van der Waals surface area contributed by atoms with Gasteiger partial charge in [-0.3, -0.25) is 24.2 Å². The number of carbonyl (C=O) groups is 2. The van der Waals surface area contributed by atoms with Crippen LogP contribution >= 0.6 is 0 Å². The summed E-state index contributed by atoms with van der Waals surface area (Å²) in [4.78, 5) is 45.3. The second-order valence-electron chi connectivity index (χ2n) is 11.8. The number of piperazine rings is 1. The molecule has 1 aromatic carbocycles. The smallest absolute Gasteiger partial charge is 0.264 e. The largest absolute Gasteiger partial charge is 0.379 e. The highest BCUT2D eigenvalue weighted by Gasteiger charge is 2.42. The van der Waals surface area contributed by atoms with E-state index in [1.54, 1.807) is 24.7 Å². The van der Waals surface area contributed by atoms with E-state index in [9.17, 15) is 14.4 Å². The third kappa shape index (κ3) is 5.90. The van der Waals surface area contributed by atoms with Crippen molar-refractivity contribution in [2.45, 2.75) is 76.7 Å². The lowest BCUT2D eigenvalue weighted by molar-refractivity contribution is -0.130. The van der Waals surface area contributed by atoms with Crippen LogP contribution in [0.5, 0.6) is 0 Å². The van der Waals surface area contributed by atoms with E-state index in [1.165, 1.54) is 0 Å². The van der Waals surface area contributed by atoms with Crippen LogP contribution in [0.4, 0.5) is 0 Å². The summed E-state index contributed by atoms with van der Waals surface area (Å²) in [5.74, 6) is -0.117. The van der Waals surface area contributed by atoms with Gasteiger partial charge in [0.1, 0.15) is 5.56 Å². The van der Waals surface area contributed by atoms with Crippen molar-refractivity contribution in [2.75, 3.05) is 46.4 Å². The van der Waals surface area contributed by atoms with Crippen LogP contribution in [0.15, 0.2) is 35.1 Å². The normalized spacial score (nSPS) is 24.8. The third-order valence-electron chi connectivity index (χ3n) is 8.95. The Labute approximate surface area is 231 Å². The molecule has 3 aliphatic heterocycles. The number of piperidine rings is 1. The Morgan fingerprint density at radius 2 is 1.69 bits per heavy atom. The molecule has 3 saturated heterocycles. The highest BCUT2D eigenvalue weighted by molar-refractivity contribution is 5.97. The number of aromatic nitrogens is 1. The van der Waals surface area contributed by atoms with Gasteiger partial charge in [-0.05, 0) is 57.0 Å². The number of pyridine rings is 1. The van der Waals surface area contributed by atoms with Gasteiger partial charge in [0.15, 0.2) is 0 Å². The zero-order valence-corrected chi connectivity index (χ0v) is 23.8. The summed E-state index contributed by atoms with van der Waals surface area (Å²) in [7, 11) is 1.79. The summed E-state index contributed by atoms with van der Waals surface area (Å²) in [6.07, 6.45) is 4.14. The first-order valence-corrected chi connectivity index (χ1v) is 14.5. The van der Waals surface area contributed by atoms with Crippen LogP contribution in [0, 0.1) is 0 Å². The molecule has 0 radical (unpaired) electrons. The monoisotopic (exact) mass is 537 g/mol. The predicted molar refractivity (Wildman–Crippen MR) is 152 cm³/mol. The molecule has 2 amide bonds. The van der Waals surface area contributed by atoms with Crippen LogP contribution in [-0.4, -0.2) is 102 Å². The van der Waals surface area contributed by atoms with E-state index in [0.717, 1.165) is 75.9 Å². The molecule has 5 rings (SSSR count). The van der Waals surface area contributed by atoms with E-state index in [1.807, 2.05) is 43.0 Å². The van der Waals surface area contributed by atoms with E-state index in [2.05, 4.69) is 15.1 Å². The second-order valence-corrected chi connectivity index (χ2v) is 11.8. The van der Waals surface area contributed by atoms with E-state index >= 15 is 0 Å². The van der Waals surface area contributed by atoms with Crippen molar-refractivity contribution in [3.05, 3.63) is 46.2 Å². The van der Waals surface area contributed by atoms with Gasteiger partial charge >= 0.3 is 0 Å². The number of nitrogens with one attached hydrogen (secondary N) is 1. The fourth-order valence-electron chi connectivity index (χ4n) is 6.89. The molecule has 39 heavy (non-hydrogen) atoms. The average molecular weight is 538 g/mol. The Kier molecular flexibility index (Phi) is 8.40. The molecule has 9 heteroatoms. The van der Waals surface area contributed by atoms with Crippen molar-refractivity contribution in [2.24, 2.45) is 0 Å². The molecule has 2 aromatic rings. The topological polar surface area (TPSA) is 87.1 Å². The molecule has 9 nitrogen and oxygen atoms in total. The summed E-state index contributed by atoms with van der Waals surface area (Å²) in [5, 5.41) is 4.13. The SMILES string of the molecule is COC(CN1CCN(C(C)=O)CC1)CN1[C@@H]2CC[C@H]1CC(NC(=O)c1cc3ccccc3n(C(C)C)c1=O)C2. The highest BCUT2D eigenvalue weighted by Crippen LogP contribution is 2.36. The quantitative estimate of drug-likeness (QED) is 0.557. The Hall–Kier alpha value is -2.75. The molecule has 0 aliphatic carbocycles. The maximum absolute atomic E-state index is 13.4. The summed E-state index contributed by atoms with van der Waals surface area (Å²) in [6, 6.07) is 10.3. The van der Waals surface area contributed by atoms with E-state index < -0.39 is 0 Å². The fraction of sp³-hybridized carbons (Fsp3) is 0.633. The van der Waals surface area contributed by atoms with Gasteiger partial charge in [0.2, 0.25) is 5.91 Å². The number of para-hydroxylation sites is 1. The van der Waals surface area contributed by atoms with Gasteiger partial charge in [0.05, 0.1) is 11.6 Å². The molecule has 0 saturated carbocycles. The molecular weight excluding hydrogens is 494 g/mol. The molecule has 212 valence electrons. The number of carbonyl (C=O) groups excluding carboxylic acids is 2. The summed E-state index contributed by atoms with van der Waals surface area (Å²) >= 11 is 0. The minimum atomic E-state index is -0.266. The van der Waals surface area contributed by atoms with Gasteiger partial charge in [-0.25, -0.2) is 0 Å². The molecule has 1 aromatic heterocycles. The number of ether oxygens (including phenoxy) is 1. The van der Waals surface area contributed by atoms with Gasteiger partial charge < -0.3 is 19.5 Å². The molecule has 2 unspecified atom stereocenters. The lowest BCUT2D eigenvalue weighted by Crippen LogP contribution is -2.55. The Morgan fingerprint density at radius 3 is 2.31 bits per heavy atom. The summed E-state index contributed by atoms with van der Waals surface area (Å²) in [5.41, 5.74) is 0.851. The van der Waals surface area contributed by atoms with Crippen molar-refractivity contribution in [3.63, 3.8) is 0 Å². The number of fused-ring (bicyclic) bond motifs is 3. The minimum Gasteiger partial charge on any atom is -0.379 e. The fourth-order valence-corrected chi connectivity index (χ4v) is 6.89. The minimum absolute atomic E-state index is 0.0408. The maximum atomic E-state index is 13.4. The number of methoxy groups -OCH3 is 1. The average Bonchev–Trinajstić information content (AvgIpc) is 3.14. The summed E-state index contributed by atoms with van der Waals surface area (Å²) in [6.45, 7) is 10.7. The van der Waals surface area contributed by atoms with Crippen molar-refractivity contribution in [3.8, 4) is 0 Å². The molecule has 4 atom stereocenters. The first-order valence-electron chi connectivity index (χ1n) is 14.5. The van der Waals surface area contributed by atoms with Crippen LogP contribution in [0.1, 0.15) is 62.9 Å². The lowest BCUT2D eigenvalue weighted by atomic mass is 9.96. The lowest BCUT2D eigenvalue weighted by Gasteiger charge is -2.42. The van der Waals surface area contributed by atoms with Gasteiger partial charge in [-0.1, -0.05) is 18.2 Å². The van der Waals surface area contributed by atoms with Gasteiger partial charge in [-0.2, -0.15) is 0 Å². The number of hydrogen-bond acceptors (Lipinski definition) is 6. The van der Waals surface area contributed by atoms with Gasteiger partial charge in [0.25, 0.3) is 11.5 Å². The molecule has 1 N–H and O–H groups in total. The number of rotatable bonds is 8. The van der Waals surface area contributed by atoms with Crippen molar-refractivity contribution in [1.82, 2.24) is 24.6 Å². The van der Waals surface area contributed by atoms with Crippen molar-refractivity contribution >= 4 is 22.7 Å². The maximum Gasteiger partial charge on any atom is 0.264 e. The molecular formula is C30H43N5O4. The second kappa shape index (κ2) is 11.8. The van der Waals surface area contributed by atoms with Crippen LogP contribution in [-0.2, 0) is 9.53 Å². The number of benzene rings is 1.